The standard InChI is InChI=1S/CH3O5P.3Na.12H2O/c2-1(3)7(4,5)6;;;;;;;;;;;;;;;/h(H,2,3)(H2,4,5,6);;;;12*1H2/q;3*+1;;;;;;;;;;;;/p-3. The second kappa shape index (κ2) is 91.4. The van der Waals surface area contributed by atoms with E-state index in [-0.39, 0.29) is 154 Å². The summed E-state index contributed by atoms with van der Waals surface area (Å²) in [6.07, 6.45) is 0. The van der Waals surface area contributed by atoms with Crippen molar-refractivity contribution >= 4 is 13.3 Å². The molecule has 0 fully saturated rings. The molecule has 0 atom stereocenters. The van der Waals surface area contributed by atoms with Crippen LogP contribution in [0.4, 0.5) is 4.79 Å². The predicted molar refractivity (Wildman–Crippen MR) is 56.4 cm³/mol. The fourth-order valence-electron chi connectivity index (χ4n) is 0. The van der Waals surface area contributed by atoms with Gasteiger partial charge in [-0.15, -0.1) is 0 Å². The van der Waals surface area contributed by atoms with Crippen LogP contribution in [0, 0.1) is 0 Å². The first-order valence-corrected chi connectivity index (χ1v) is 2.72. The summed E-state index contributed by atoms with van der Waals surface area (Å²) in [7, 11) is -5.43. The van der Waals surface area contributed by atoms with Crippen molar-refractivity contribution < 1.29 is 179 Å². The maximum absolute atomic E-state index is 9.14. The molecule has 0 amide bonds. The molecule has 0 saturated carbocycles. The summed E-state index contributed by atoms with van der Waals surface area (Å²) in [6, 6.07) is 0. The van der Waals surface area contributed by atoms with Crippen molar-refractivity contribution in [3.8, 4) is 0 Å². The zero-order valence-corrected chi connectivity index (χ0v) is 18.9. The molecule has 0 spiro atoms. The molecule has 0 aromatic heterocycles. The molecule has 0 rings (SSSR count). The number of carboxylic acid groups (broad SMARTS) is 1. The molecule has 0 aromatic carbocycles. The minimum absolute atomic E-state index is 0. The summed E-state index contributed by atoms with van der Waals surface area (Å²) in [5.74, 6) is 0. The normalized spacial score (nSPS) is 3.55. The minimum atomic E-state index is -5.43. The molecule has 0 heterocycles. The van der Waals surface area contributed by atoms with Crippen LogP contribution in [0.2, 0.25) is 0 Å². The van der Waals surface area contributed by atoms with Gasteiger partial charge in [0.25, 0.3) is 0 Å². The van der Waals surface area contributed by atoms with E-state index in [1.54, 1.807) is 0 Å². The fourth-order valence-corrected chi connectivity index (χ4v) is 0. The summed E-state index contributed by atoms with van der Waals surface area (Å²) in [4.78, 5) is 27.3. The van der Waals surface area contributed by atoms with Gasteiger partial charge in [0.15, 0.2) is 0 Å². The van der Waals surface area contributed by atoms with Gasteiger partial charge in [0.1, 0.15) is 0 Å². The van der Waals surface area contributed by atoms with E-state index >= 15 is 0 Å². The number of rotatable bonds is 1. The Morgan fingerprint density at radius 1 is 0.545 bits per heavy atom. The third-order valence-corrected chi connectivity index (χ3v) is 0.671. The van der Waals surface area contributed by atoms with Crippen molar-refractivity contribution in [1.29, 1.82) is 0 Å². The molecule has 21 heteroatoms. The molecule has 0 aliphatic carbocycles. The molecular formula is CH24Na3O17P. The van der Waals surface area contributed by atoms with E-state index < -0.39 is 13.3 Å². The third kappa shape index (κ3) is 149. The number of hydrogen-bond donors (Lipinski definition) is 0. The summed E-state index contributed by atoms with van der Waals surface area (Å²) >= 11 is 0. The van der Waals surface area contributed by atoms with E-state index in [1.807, 2.05) is 0 Å². The van der Waals surface area contributed by atoms with E-state index in [1.165, 1.54) is 0 Å². The monoisotopic (exact) mass is 408 g/mol. The number of carbonyl (C=O) groups excluding carboxylic acids is 1. The average molecular weight is 408 g/mol. The van der Waals surface area contributed by atoms with Gasteiger partial charge >= 0.3 is 88.7 Å². The molecule has 17 nitrogen and oxygen atoms in total. The van der Waals surface area contributed by atoms with Crippen LogP contribution in [0.25, 0.3) is 0 Å². The third-order valence-electron chi connectivity index (χ3n) is 0.224. The Labute approximate surface area is 190 Å². The molecule has 0 unspecified atom stereocenters. The van der Waals surface area contributed by atoms with Gasteiger partial charge in [-0.05, 0) is 7.60 Å². The summed E-state index contributed by atoms with van der Waals surface area (Å²) in [5.41, 5.74) is -2.56. The topological polar surface area (TPSA) is 481 Å². The molecule has 22 heavy (non-hydrogen) atoms. The van der Waals surface area contributed by atoms with Crippen molar-refractivity contribution in [2.24, 2.45) is 0 Å². The van der Waals surface area contributed by atoms with E-state index in [0.717, 1.165) is 0 Å². The van der Waals surface area contributed by atoms with Gasteiger partial charge < -0.3 is 90.0 Å². The molecule has 0 aliphatic rings. The van der Waals surface area contributed by atoms with Gasteiger partial charge in [-0.1, -0.05) is 0 Å². The summed E-state index contributed by atoms with van der Waals surface area (Å²) < 4.78 is 9.14. The van der Waals surface area contributed by atoms with Crippen molar-refractivity contribution in [3.05, 3.63) is 0 Å². The van der Waals surface area contributed by atoms with E-state index in [9.17, 15) is 0 Å². The van der Waals surface area contributed by atoms with Crippen LogP contribution in [-0.4, -0.2) is 71.4 Å². The SMILES string of the molecule is O.O.O.O.O.O.O.O.O.O.O.O.O=C([O-])P(=O)([O-])[O-].[Na+].[Na+].[Na+]. The second-order valence-corrected chi connectivity index (χ2v) is 2.12. The minimum Gasteiger partial charge on any atom is -0.807 e. The largest absolute Gasteiger partial charge is 1.00 e. The smallest absolute Gasteiger partial charge is 0.807 e. The summed E-state index contributed by atoms with van der Waals surface area (Å²) in [6.45, 7) is 0. The maximum Gasteiger partial charge on any atom is 1.00 e. The number of hydrogen-bond acceptors (Lipinski definition) is 5. The molecule has 0 bridgehead atoms. The first-order chi connectivity index (χ1) is 2.94. The Morgan fingerprint density at radius 3 is 0.591 bits per heavy atom. The zero-order valence-electron chi connectivity index (χ0n) is 12.0. The van der Waals surface area contributed by atoms with Crippen molar-refractivity contribution in [1.82, 2.24) is 0 Å². The second-order valence-electron chi connectivity index (χ2n) is 0.763. The first-order valence-electron chi connectivity index (χ1n) is 1.18. The molecule has 138 valence electrons. The molecular weight excluding hydrogens is 384 g/mol. The van der Waals surface area contributed by atoms with E-state index in [2.05, 4.69) is 0 Å². The van der Waals surface area contributed by atoms with Crippen molar-refractivity contribution in [2.45, 2.75) is 0 Å². The Morgan fingerprint density at radius 2 is 0.591 bits per heavy atom. The Balaban J connectivity index is -0.00000000171. The van der Waals surface area contributed by atoms with Crippen LogP contribution >= 0.6 is 7.60 Å². The number of carbonyl (C=O) groups is 1. The Kier molecular flexibility index (Phi) is 810. The van der Waals surface area contributed by atoms with Gasteiger partial charge in [-0.25, -0.2) is 0 Å². The molecule has 24 N–H and O–H groups in total. The van der Waals surface area contributed by atoms with E-state index in [4.69, 9.17) is 24.3 Å². The molecule has 0 radical (unpaired) electrons. The molecule has 0 aromatic rings. The fraction of sp³-hybridized carbons (Fsp3) is 0. The van der Waals surface area contributed by atoms with Gasteiger partial charge in [-0.3, -0.25) is 0 Å². The maximum atomic E-state index is 9.14. The first kappa shape index (κ1) is 195. The Hall–Kier alpha value is 2.14. The van der Waals surface area contributed by atoms with Crippen molar-refractivity contribution in [2.75, 3.05) is 0 Å². The van der Waals surface area contributed by atoms with E-state index in [0.29, 0.717) is 0 Å². The van der Waals surface area contributed by atoms with Crippen LogP contribution in [0.1, 0.15) is 0 Å². The van der Waals surface area contributed by atoms with Gasteiger partial charge in [0.2, 0.25) is 0 Å². The van der Waals surface area contributed by atoms with Crippen molar-refractivity contribution in [3.63, 3.8) is 0 Å². The predicted octanol–water partition coefficient (Wildman–Crippen LogP) is -21.6. The van der Waals surface area contributed by atoms with Crippen LogP contribution < -0.4 is 104 Å². The zero-order chi connectivity index (χ0) is 6.08. The van der Waals surface area contributed by atoms with Crippen LogP contribution in [0.5, 0.6) is 0 Å². The molecule has 0 saturated heterocycles. The average Bonchev–Trinajstić information content (AvgIpc) is 1.31. The van der Waals surface area contributed by atoms with Crippen LogP contribution in [-0.2, 0) is 4.57 Å². The van der Waals surface area contributed by atoms with Gasteiger partial charge in [0.05, 0.1) is 5.71 Å². The van der Waals surface area contributed by atoms with Crippen LogP contribution in [0.15, 0.2) is 0 Å². The van der Waals surface area contributed by atoms with Gasteiger partial charge in [0, 0.05) is 0 Å². The Bertz CT molecular complexity index is 136. The summed E-state index contributed by atoms with van der Waals surface area (Å²) in [5, 5.41) is 9.02. The van der Waals surface area contributed by atoms with Crippen LogP contribution in [0.3, 0.4) is 0 Å². The quantitative estimate of drug-likeness (QED) is 0.300. The van der Waals surface area contributed by atoms with Gasteiger partial charge in [-0.2, -0.15) is 0 Å². The molecule has 0 aliphatic heterocycles.